The van der Waals surface area contributed by atoms with E-state index in [2.05, 4.69) is 16.4 Å². The van der Waals surface area contributed by atoms with Crippen molar-refractivity contribution in [2.24, 2.45) is 0 Å². The highest BCUT2D eigenvalue weighted by Gasteiger charge is 2.25. The molecule has 2 aromatic carbocycles. The summed E-state index contributed by atoms with van der Waals surface area (Å²) in [4.78, 5) is 12.9. The molecule has 3 aromatic rings. The normalized spacial score (nSPS) is 16.8. The van der Waals surface area contributed by atoms with Crippen molar-refractivity contribution < 1.29 is 24.1 Å². The minimum Gasteiger partial charge on any atom is -0.466 e. The fraction of sp³-hybridized carbons (Fsp3) is 0.536. The number of ether oxygens (including phenoxy) is 3. The lowest BCUT2D eigenvalue weighted by molar-refractivity contribution is -0.163. The minimum atomic E-state index is -0.471. The first kappa shape index (κ1) is 26.3. The second-order valence-electron chi connectivity index (χ2n) is 9.40. The summed E-state index contributed by atoms with van der Waals surface area (Å²) in [5.41, 5.74) is 6.49. The maximum Gasteiger partial charge on any atom is 0.313 e. The molecule has 1 aliphatic heterocycles. The lowest BCUT2D eigenvalue weighted by Crippen LogP contribution is -2.23. The van der Waals surface area contributed by atoms with Gasteiger partial charge in [0.1, 0.15) is 5.52 Å². The number of rotatable bonds is 11. The van der Waals surface area contributed by atoms with E-state index in [4.69, 9.17) is 14.2 Å². The van der Waals surface area contributed by atoms with E-state index in [0.717, 1.165) is 71.1 Å². The Bertz CT molecular complexity index is 1170. The number of benzene rings is 2. The van der Waals surface area contributed by atoms with E-state index >= 15 is 0 Å². The number of carbonyl (C=O) groups is 1. The highest BCUT2D eigenvalue weighted by atomic mass is 16.7. The molecule has 8 heteroatoms. The Hall–Kier alpha value is -2.81. The smallest absolute Gasteiger partial charge is 0.313 e. The third-order valence-electron chi connectivity index (χ3n) is 6.95. The molecule has 36 heavy (non-hydrogen) atoms. The van der Waals surface area contributed by atoms with Crippen molar-refractivity contribution >= 4 is 17.0 Å². The van der Waals surface area contributed by atoms with Crippen LogP contribution in [0.4, 0.5) is 0 Å². The third kappa shape index (κ3) is 6.11. The summed E-state index contributed by atoms with van der Waals surface area (Å²) in [7, 11) is 0. The van der Waals surface area contributed by atoms with Gasteiger partial charge in [-0.2, -0.15) is 0 Å². The van der Waals surface area contributed by atoms with E-state index in [1.54, 1.807) is 0 Å². The van der Waals surface area contributed by atoms with Gasteiger partial charge in [0.05, 0.1) is 31.3 Å². The fourth-order valence-electron chi connectivity index (χ4n) is 4.75. The molecule has 0 saturated carbocycles. The van der Waals surface area contributed by atoms with E-state index in [0.29, 0.717) is 26.2 Å². The molecule has 1 aromatic heterocycles. The number of hydrogen-bond acceptors (Lipinski definition) is 7. The van der Waals surface area contributed by atoms with Gasteiger partial charge in [0.2, 0.25) is 0 Å². The number of esters is 1. The van der Waals surface area contributed by atoms with Crippen LogP contribution in [0.15, 0.2) is 30.3 Å². The summed E-state index contributed by atoms with van der Waals surface area (Å²) in [5, 5.41) is 18.5. The van der Waals surface area contributed by atoms with E-state index in [-0.39, 0.29) is 18.9 Å². The van der Waals surface area contributed by atoms with Crippen LogP contribution in [0.25, 0.3) is 11.0 Å². The zero-order chi connectivity index (χ0) is 25.5. The molecule has 2 heterocycles. The Morgan fingerprint density at radius 1 is 1.22 bits per heavy atom. The Morgan fingerprint density at radius 2 is 2.08 bits per heavy atom. The zero-order valence-electron chi connectivity index (χ0n) is 21.5. The molecule has 0 radical (unpaired) electrons. The predicted octanol–water partition coefficient (Wildman–Crippen LogP) is 4.36. The van der Waals surface area contributed by atoms with Crippen molar-refractivity contribution in [3.8, 4) is 0 Å². The fourth-order valence-corrected chi connectivity index (χ4v) is 4.75. The first-order valence-electron chi connectivity index (χ1n) is 12.9. The summed E-state index contributed by atoms with van der Waals surface area (Å²) >= 11 is 0. The van der Waals surface area contributed by atoms with Crippen LogP contribution in [-0.2, 0) is 38.6 Å². The number of aryl methyl sites for hydroxylation is 3. The molecule has 2 atom stereocenters. The Balaban J connectivity index is 1.49. The van der Waals surface area contributed by atoms with Gasteiger partial charge in [-0.3, -0.25) is 4.79 Å². The van der Waals surface area contributed by atoms with Crippen LogP contribution in [0, 0.1) is 13.8 Å². The van der Waals surface area contributed by atoms with E-state index in [1.165, 1.54) is 0 Å². The van der Waals surface area contributed by atoms with Gasteiger partial charge in [0.25, 0.3) is 0 Å². The lowest BCUT2D eigenvalue weighted by atomic mass is 9.88. The van der Waals surface area contributed by atoms with Crippen LogP contribution >= 0.6 is 0 Å². The third-order valence-corrected chi connectivity index (χ3v) is 6.95. The highest BCUT2D eigenvalue weighted by Crippen LogP contribution is 2.29. The van der Waals surface area contributed by atoms with Gasteiger partial charge < -0.3 is 19.3 Å². The Kier molecular flexibility index (Phi) is 9.07. The van der Waals surface area contributed by atoms with Crippen LogP contribution in [0.5, 0.6) is 0 Å². The molecule has 0 amide bonds. The number of hydrogen-bond donors (Lipinski definition) is 1. The summed E-state index contributed by atoms with van der Waals surface area (Å²) in [6, 6.07) is 9.87. The largest absolute Gasteiger partial charge is 0.466 e. The van der Waals surface area contributed by atoms with Gasteiger partial charge in [-0.1, -0.05) is 29.5 Å². The average Bonchev–Trinajstić information content (AvgIpc) is 3.31. The van der Waals surface area contributed by atoms with Gasteiger partial charge in [0, 0.05) is 13.2 Å². The van der Waals surface area contributed by atoms with Crippen LogP contribution < -0.4 is 0 Å². The second kappa shape index (κ2) is 12.4. The zero-order valence-corrected chi connectivity index (χ0v) is 21.5. The molecule has 0 bridgehead atoms. The summed E-state index contributed by atoms with van der Waals surface area (Å²) in [6.07, 6.45) is 4.46. The maximum atomic E-state index is 12.9. The topological polar surface area (TPSA) is 95.7 Å². The summed E-state index contributed by atoms with van der Waals surface area (Å²) in [6.45, 7) is 8.15. The molecule has 1 fully saturated rings. The van der Waals surface area contributed by atoms with Crippen molar-refractivity contribution in [3.05, 3.63) is 58.1 Å². The molecule has 1 aliphatic rings. The monoisotopic (exact) mass is 495 g/mol. The Morgan fingerprint density at radius 3 is 2.83 bits per heavy atom. The number of aliphatic hydroxyl groups is 1. The van der Waals surface area contributed by atoms with Crippen molar-refractivity contribution in [2.45, 2.75) is 78.2 Å². The lowest BCUT2D eigenvalue weighted by Gasteiger charge is -2.22. The van der Waals surface area contributed by atoms with Gasteiger partial charge in [-0.25, -0.2) is 4.68 Å². The van der Waals surface area contributed by atoms with Crippen LogP contribution in [0.1, 0.15) is 66.3 Å². The van der Waals surface area contributed by atoms with Gasteiger partial charge >= 0.3 is 5.97 Å². The molecule has 0 aliphatic carbocycles. The maximum absolute atomic E-state index is 12.9. The molecule has 1 saturated heterocycles. The molecule has 194 valence electrons. The SMILES string of the molecule is CCOC(=O)C(Cc1ccc2c(nnn2CCCOC2CCCCO2)c1C)c1ccc(C)c(CO)c1. The summed E-state index contributed by atoms with van der Waals surface area (Å²) in [5.74, 6) is -0.739. The standard InChI is InChI=1S/C28H37N3O5/c1-4-34-28(33)24(22-10-9-19(2)23(16-22)18-32)17-21-11-12-25-27(20(21)3)29-30-31(25)13-7-15-36-26-8-5-6-14-35-26/h9-12,16,24,26,32H,4-8,13-15,17-18H2,1-3H3. The minimum absolute atomic E-state index is 0.0674. The van der Waals surface area contributed by atoms with Crippen LogP contribution in [0.3, 0.4) is 0 Å². The van der Waals surface area contributed by atoms with Crippen molar-refractivity contribution in [2.75, 3.05) is 19.8 Å². The van der Waals surface area contributed by atoms with Gasteiger partial charge in [0.15, 0.2) is 6.29 Å². The molecule has 4 rings (SSSR count). The molecular formula is C28H37N3O5. The van der Waals surface area contributed by atoms with Crippen molar-refractivity contribution in [1.29, 1.82) is 0 Å². The number of nitrogens with zero attached hydrogens (tertiary/aromatic N) is 3. The Labute approximate surface area is 212 Å². The predicted molar refractivity (Wildman–Crippen MR) is 137 cm³/mol. The quantitative estimate of drug-likeness (QED) is 0.312. The summed E-state index contributed by atoms with van der Waals surface area (Å²) < 4.78 is 18.8. The molecular weight excluding hydrogens is 458 g/mol. The number of carbonyl (C=O) groups excluding carboxylic acids is 1. The van der Waals surface area contributed by atoms with E-state index in [9.17, 15) is 9.90 Å². The van der Waals surface area contributed by atoms with Crippen LogP contribution in [-0.4, -0.2) is 52.2 Å². The first-order valence-corrected chi connectivity index (χ1v) is 12.9. The number of fused-ring (bicyclic) bond motifs is 1. The average molecular weight is 496 g/mol. The van der Waals surface area contributed by atoms with E-state index < -0.39 is 5.92 Å². The molecule has 0 spiro atoms. The molecule has 8 nitrogen and oxygen atoms in total. The number of aromatic nitrogens is 3. The second-order valence-corrected chi connectivity index (χ2v) is 9.40. The highest BCUT2D eigenvalue weighted by molar-refractivity contribution is 5.81. The molecule has 2 unspecified atom stereocenters. The van der Waals surface area contributed by atoms with Gasteiger partial charge in [-0.05, 0) is 86.8 Å². The van der Waals surface area contributed by atoms with Gasteiger partial charge in [-0.15, -0.1) is 5.10 Å². The first-order chi connectivity index (χ1) is 17.5. The number of aliphatic hydroxyl groups excluding tert-OH is 1. The van der Waals surface area contributed by atoms with Crippen molar-refractivity contribution in [1.82, 2.24) is 15.0 Å². The molecule has 1 N–H and O–H groups in total. The van der Waals surface area contributed by atoms with Crippen molar-refractivity contribution in [3.63, 3.8) is 0 Å². The van der Waals surface area contributed by atoms with E-state index in [1.807, 2.05) is 49.7 Å². The van der Waals surface area contributed by atoms with Crippen LogP contribution in [0.2, 0.25) is 0 Å².